The van der Waals surface area contributed by atoms with Gasteiger partial charge in [0, 0.05) is 13.3 Å². The summed E-state index contributed by atoms with van der Waals surface area (Å²) in [7, 11) is 3.11. The molecule has 1 aromatic carbocycles. The highest BCUT2D eigenvalue weighted by Crippen LogP contribution is 2.40. The van der Waals surface area contributed by atoms with Crippen molar-refractivity contribution in [3.05, 3.63) is 45.1 Å². The van der Waals surface area contributed by atoms with Crippen molar-refractivity contribution in [3.63, 3.8) is 0 Å². The van der Waals surface area contributed by atoms with Gasteiger partial charge in [-0.05, 0) is 42.7 Å². The number of aromatic nitrogens is 1. The number of hydrogen-bond donors (Lipinski definition) is 1. The van der Waals surface area contributed by atoms with Gasteiger partial charge in [-0.15, -0.1) is 0 Å². The lowest BCUT2D eigenvalue weighted by Crippen LogP contribution is -2.25. The van der Waals surface area contributed by atoms with Crippen LogP contribution in [0.25, 0.3) is 11.1 Å². The molecule has 0 bridgehead atoms. The molecule has 26 heavy (non-hydrogen) atoms. The summed E-state index contributed by atoms with van der Waals surface area (Å²) in [6.07, 6.45) is 2.28. The van der Waals surface area contributed by atoms with Crippen LogP contribution in [-0.4, -0.2) is 36.8 Å². The van der Waals surface area contributed by atoms with Crippen LogP contribution in [0.4, 0.5) is 11.5 Å². The second-order valence-electron chi connectivity index (χ2n) is 5.82. The summed E-state index contributed by atoms with van der Waals surface area (Å²) in [6.45, 7) is 4.25. The number of aryl methyl sites for hydroxylation is 1. The van der Waals surface area contributed by atoms with E-state index in [-0.39, 0.29) is 17.5 Å². The lowest BCUT2D eigenvalue weighted by atomic mass is 9.99. The second kappa shape index (κ2) is 8.82. The summed E-state index contributed by atoms with van der Waals surface area (Å²) in [5.41, 5.74) is 1.83. The van der Waals surface area contributed by atoms with Crippen molar-refractivity contribution in [3.8, 4) is 16.9 Å². The van der Waals surface area contributed by atoms with Gasteiger partial charge in [0.1, 0.15) is 5.75 Å². The molecule has 2 aromatic rings. The molecule has 2 rings (SSSR count). The molecule has 0 aliphatic heterocycles. The SMILES string of the molecule is CCC(COC)Nc1nccc(-c2cc(Cl)c(OC)cc2C)c1[N+](=O)[O-]. The molecule has 1 unspecified atom stereocenters. The Morgan fingerprint density at radius 2 is 2.08 bits per heavy atom. The summed E-state index contributed by atoms with van der Waals surface area (Å²) in [5.74, 6) is 0.733. The second-order valence-corrected chi connectivity index (χ2v) is 6.23. The smallest absolute Gasteiger partial charge is 0.319 e. The van der Waals surface area contributed by atoms with Gasteiger partial charge in [-0.1, -0.05) is 18.5 Å². The summed E-state index contributed by atoms with van der Waals surface area (Å²) in [4.78, 5) is 15.5. The van der Waals surface area contributed by atoms with Crippen LogP contribution in [0.15, 0.2) is 24.4 Å². The number of nitrogens with zero attached hydrogens (tertiary/aromatic N) is 2. The van der Waals surface area contributed by atoms with Crippen molar-refractivity contribution in [2.45, 2.75) is 26.3 Å². The third-order valence-electron chi connectivity index (χ3n) is 4.10. The van der Waals surface area contributed by atoms with Gasteiger partial charge in [-0.2, -0.15) is 0 Å². The van der Waals surface area contributed by atoms with E-state index in [1.54, 1.807) is 31.5 Å². The van der Waals surface area contributed by atoms with Gasteiger partial charge in [-0.3, -0.25) is 10.1 Å². The normalized spacial score (nSPS) is 11.9. The van der Waals surface area contributed by atoms with E-state index < -0.39 is 4.92 Å². The first-order valence-corrected chi connectivity index (χ1v) is 8.54. The van der Waals surface area contributed by atoms with E-state index in [1.807, 2.05) is 13.8 Å². The highest BCUT2D eigenvalue weighted by Gasteiger charge is 2.25. The molecule has 1 atom stereocenters. The number of pyridine rings is 1. The molecule has 0 spiro atoms. The predicted molar refractivity (Wildman–Crippen MR) is 102 cm³/mol. The molecule has 0 saturated carbocycles. The van der Waals surface area contributed by atoms with Gasteiger partial charge in [0.15, 0.2) is 0 Å². The fraction of sp³-hybridized carbons (Fsp3) is 0.389. The molecule has 140 valence electrons. The van der Waals surface area contributed by atoms with Crippen LogP contribution < -0.4 is 10.1 Å². The van der Waals surface area contributed by atoms with Crippen LogP contribution in [0.5, 0.6) is 5.75 Å². The zero-order chi connectivity index (χ0) is 19.3. The summed E-state index contributed by atoms with van der Waals surface area (Å²) in [5, 5.41) is 15.3. The van der Waals surface area contributed by atoms with Crippen LogP contribution >= 0.6 is 11.6 Å². The van der Waals surface area contributed by atoms with Crippen molar-refractivity contribution >= 4 is 23.1 Å². The number of nitrogens with one attached hydrogen (secondary N) is 1. The van der Waals surface area contributed by atoms with Crippen LogP contribution in [0.3, 0.4) is 0 Å². The van der Waals surface area contributed by atoms with E-state index >= 15 is 0 Å². The molecule has 1 aromatic heterocycles. The van der Waals surface area contributed by atoms with Crippen molar-refractivity contribution in [1.29, 1.82) is 0 Å². The molecule has 0 aliphatic carbocycles. The standard InChI is InChI=1S/C18H22ClN3O4/c1-5-12(10-25-3)21-18-17(22(23)24)13(6-7-20-18)14-9-15(19)16(26-4)8-11(14)2/h6-9,12H,5,10H2,1-4H3,(H,20,21). The van der Waals surface area contributed by atoms with E-state index in [4.69, 9.17) is 21.1 Å². The van der Waals surface area contributed by atoms with Gasteiger partial charge in [-0.25, -0.2) is 4.98 Å². The minimum atomic E-state index is -0.429. The van der Waals surface area contributed by atoms with Gasteiger partial charge in [0.05, 0.1) is 35.3 Å². The summed E-state index contributed by atoms with van der Waals surface area (Å²) in [6, 6.07) is 4.97. The predicted octanol–water partition coefficient (Wildman–Crippen LogP) is 4.46. The first kappa shape index (κ1) is 19.9. The Labute approximate surface area is 157 Å². The third-order valence-corrected chi connectivity index (χ3v) is 4.39. The Morgan fingerprint density at radius 1 is 1.35 bits per heavy atom. The number of anilines is 1. The zero-order valence-corrected chi connectivity index (χ0v) is 16.0. The first-order chi connectivity index (χ1) is 12.4. The molecular formula is C18H22ClN3O4. The van der Waals surface area contributed by atoms with E-state index in [9.17, 15) is 10.1 Å². The Balaban J connectivity index is 2.58. The lowest BCUT2D eigenvalue weighted by molar-refractivity contribution is -0.383. The van der Waals surface area contributed by atoms with E-state index in [0.717, 1.165) is 12.0 Å². The van der Waals surface area contributed by atoms with Crippen LogP contribution in [0, 0.1) is 17.0 Å². The van der Waals surface area contributed by atoms with Gasteiger partial charge >= 0.3 is 5.69 Å². The maximum absolute atomic E-state index is 11.8. The third kappa shape index (κ3) is 4.23. The highest BCUT2D eigenvalue weighted by molar-refractivity contribution is 6.32. The number of benzene rings is 1. The molecule has 0 aliphatic rings. The quantitative estimate of drug-likeness (QED) is 0.538. The fourth-order valence-corrected chi connectivity index (χ4v) is 2.96. The zero-order valence-electron chi connectivity index (χ0n) is 15.2. The maximum atomic E-state index is 11.8. The Morgan fingerprint density at radius 3 is 2.65 bits per heavy atom. The lowest BCUT2D eigenvalue weighted by Gasteiger charge is -2.18. The largest absolute Gasteiger partial charge is 0.495 e. The minimum Gasteiger partial charge on any atom is -0.495 e. The van der Waals surface area contributed by atoms with Crippen molar-refractivity contribution in [2.24, 2.45) is 0 Å². The molecule has 0 saturated heterocycles. The summed E-state index contributed by atoms with van der Waals surface area (Å²) >= 11 is 6.23. The summed E-state index contributed by atoms with van der Waals surface area (Å²) < 4.78 is 10.4. The molecule has 1 heterocycles. The van der Waals surface area contributed by atoms with Crippen molar-refractivity contribution in [2.75, 3.05) is 26.1 Å². The average Bonchev–Trinajstić information content (AvgIpc) is 2.62. The van der Waals surface area contributed by atoms with E-state index in [2.05, 4.69) is 10.3 Å². The van der Waals surface area contributed by atoms with Gasteiger partial charge in [0.2, 0.25) is 5.82 Å². The Hall–Kier alpha value is -2.38. The Bertz CT molecular complexity index is 798. The van der Waals surface area contributed by atoms with Crippen LogP contribution in [-0.2, 0) is 4.74 Å². The number of ether oxygens (including phenoxy) is 2. The molecule has 0 amide bonds. The van der Waals surface area contributed by atoms with Crippen molar-refractivity contribution in [1.82, 2.24) is 4.98 Å². The number of nitro groups is 1. The molecule has 0 radical (unpaired) electrons. The Kier molecular flexibility index (Phi) is 6.76. The molecule has 0 fully saturated rings. The minimum absolute atomic E-state index is 0.0815. The number of halogens is 1. The topological polar surface area (TPSA) is 86.5 Å². The monoisotopic (exact) mass is 379 g/mol. The number of methoxy groups -OCH3 is 2. The molecule has 7 nitrogen and oxygen atoms in total. The van der Waals surface area contributed by atoms with Gasteiger partial charge < -0.3 is 14.8 Å². The fourth-order valence-electron chi connectivity index (χ4n) is 2.72. The van der Waals surface area contributed by atoms with E-state index in [0.29, 0.717) is 28.5 Å². The molecule has 1 N–H and O–H groups in total. The molecular weight excluding hydrogens is 358 g/mol. The average molecular weight is 380 g/mol. The molecule has 8 heteroatoms. The van der Waals surface area contributed by atoms with Gasteiger partial charge in [0.25, 0.3) is 0 Å². The number of rotatable bonds is 8. The van der Waals surface area contributed by atoms with Crippen LogP contribution in [0.2, 0.25) is 5.02 Å². The number of hydrogen-bond acceptors (Lipinski definition) is 6. The first-order valence-electron chi connectivity index (χ1n) is 8.16. The highest BCUT2D eigenvalue weighted by atomic mass is 35.5. The van der Waals surface area contributed by atoms with E-state index in [1.165, 1.54) is 7.11 Å². The van der Waals surface area contributed by atoms with Crippen LogP contribution in [0.1, 0.15) is 18.9 Å². The maximum Gasteiger partial charge on any atom is 0.319 e. The van der Waals surface area contributed by atoms with Crippen molar-refractivity contribution < 1.29 is 14.4 Å².